The SMILES string of the molecule is Oc1cnccc1-c1ccnc(-c2ccncc2O)n1. The van der Waals surface area contributed by atoms with E-state index in [4.69, 9.17) is 0 Å². The number of pyridine rings is 2. The molecule has 0 radical (unpaired) electrons. The molecule has 3 heterocycles. The minimum atomic E-state index is 0.00333. The van der Waals surface area contributed by atoms with E-state index in [-0.39, 0.29) is 11.5 Å². The van der Waals surface area contributed by atoms with Crippen LogP contribution in [0.2, 0.25) is 0 Å². The smallest absolute Gasteiger partial charge is 0.163 e. The van der Waals surface area contributed by atoms with Gasteiger partial charge in [-0.2, -0.15) is 0 Å². The van der Waals surface area contributed by atoms with Crippen LogP contribution in [-0.4, -0.2) is 30.1 Å². The molecule has 20 heavy (non-hydrogen) atoms. The maximum absolute atomic E-state index is 9.80. The number of hydrogen-bond donors (Lipinski definition) is 2. The largest absolute Gasteiger partial charge is 0.506 e. The fourth-order valence-electron chi connectivity index (χ4n) is 1.82. The topological polar surface area (TPSA) is 92.0 Å². The first kappa shape index (κ1) is 12.0. The highest BCUT2D eigenvalue weighted by molar-refractivity contribution is 5.69. The van der Waals surface area contributed by atoms with Gasteiger partial charge in [-0.15, -0.1) is 0 Å². The quantitative estimate of drug-likeness (QED) is 0.737. The summed E-state index contributed by atoms with van der Waals surface area (Å²) >= 11 is 0. The molecule has 0 aliphatic rings. The molecule has 0 aromatic carbocycles. The van der Waals surface area contributed by atoms with Crippen molar-refractivity contribution in [2.24, 2.45) is 0 Å². The van der Waals surface area contributed by atoms with E-state index in [1.165, 1.54) is 12.4 Å². The van der Waals surface area contributed by atoms with E-state index in [0.29, 0.717) is 22.6 Å². The van der Waals surface area contributed by atoms with Gasteiger partial charge in [0.15, 0.2) is 5.82 Å². The molecule has 0 aliphatic carbocycles. The Hall–Kier alpha value is -3.02. The van der Waals surface area contributed by atoms with Gasteiger partial charge in [-0.05, 0) is 18.2 Å². The molecule has 98 valence electrons. The first-order chi connectivity index (χ1) is 9.75. The molecule has 3 aromatic heterocycles. The molecule has 0 aliphatic heterocycles. The average molecular weight is 266 g/mol. The van der Waals surface area contributed by atoms with Gasteiger partial charge in [-0.25, -0.2) is 9.97 Å². The van der Waals surface area contributed by atoms with Crippen LogP contribution >= 0.6 is 0 Å². The lowest BCUT2D eigenvalue weighted by Gasteiger charge is -2.06. The van der Waals surface area contributed by atoms with Crippen molar-refractivity contribution in [3.8, 4) is 34.1 Å². The van der Waals surface area contributed by atoms with Crippen molar-refractivity contribution in [2.75, 3.05) is 0 Å². The zero-order valence-corrected chi connectivity index (χ0v) is 10.3. The highest BCUT2D eigenvalue weighted by atomic mass is 16.3. The fourth-order valence-corrected chi connectivity index (χ4v) is 1.82. The summed E-state index contributed by atoms with van der Waals surface area (Å²) in [5.74, 6) is 0.401. The minimum Gasteiger partial charge on any atom is -0.506 e. The normalized spacial score (nSPS) is 10.4. The van der Waals surface area contributed by atoms with E-state index < -0.39 is 0 Å². The van der Waals surface area contributed by atoms with Crippen molar-refractivity contribution in [2.45, 2.75) is 0 Å². The predicted molar refractivity (Wildman–Crippen MR) is 71.8 cm³/mol. The average Bonchev–Trinajstić information content (AvgIpc) is 2.48. The van der Waals surface area contributed by atoms with E-state index in [1.807, 2.05) is 0 Å². The number of rotatable bonds is 2. The summed E-state index contributed by atoms with van der Waals surface area (Å²) in [6, 6.07) is 4.96. The van der Waals surface area contributed by atoms with Crippen molar-refractivity contribution in [3.05, 3.63) is 49.2 Å². The summed E-state index contributed by atoms with van der Waals surface area (Å²) in [5.41, 5.74) is 1.58. The van der Waals surface area contributed by atoms with Crippen molar-refractivity contribution < 1.29 is 10.2 Å². The maximum Gasteiger partial charge on any atom is 0.163 e. The predicted octanol–water partition coefficient (Wildman–Crippen LogP) is 2.01. The van der Waals surface area contributed by atoms with Gasteiger partial charge in [0.25, 0.3) is 0 Å². The molecule has 0 saturated carbocycles. The zero-order chi connectivity index (χ0) is 13.9. The molecule has 0 fully saturated rings. The van der Waals surface area contributed by atoms with Crippen LogP contribution in [0.5, 0.6) is 11.5 Å². The molecular formula is C14H10N4O2. The molecule has 3 rings (SSSR count). The van der Waals surface area contributed by atoms with Gasteiger partial charge < -0.3 is 10.2 Å². The molecule has 0 spiro atoms. The van der Waals surface area contributed by atoms with E-state index in [0.717, 1.165) is 0 Å². The fraction of sp³-hybridized carbons (Fsp3) is 0. The Morgan fingerprint density at radius 1 is 0.750 bits per heavy atom. The summed E-state index contributed by atoms with van der Waals surface area (Å²) in [4.78, 5) is 16.1. The van der Waals surface area contributed by atoms with Crippen LogP contribution in [-0.2, 0) is 0 Å². The molecular weight excluding hydrogens is 256 g/mol. The molecule has 0 amide bonds. The monoisotopic (exact) mass is 266 g/mol. The van der Waals surface area contributed by atoms with Gasteiger partial charge in [-0.3, -0.25) is 9.97 Å². The molecule has 0 unspecified atom stereocenters. The van der Waals surface area contributed by atoms with E-state index in [2.05, 4.69) is 19.9 Å². The standard InChI is InChI=1S/C14H10N4O2/c19-12-7-15-4-1-9(12)11-3-6-17-14(18-11)10-2-5-16-8-13(10)20/h1-8,19-20H. The molecule has 0 bridgehead atoms. The highest BCUT2D eigenvalue weighted by Gasteiger charge is 2.10. The van der Waals surface area contributed by atoms with Gasteiger partial charge in [0, 0.05) is 24.2 Å². The molecule has 0 saturated heterocycles. The van der Waals surface area contributed by atoms with E-state index in [1.54, 1.807) is 36.8 Å². The Balaban J connectivity index is 2.12. The first-order valence-corrected chi connectivity index (χ1v) is 5.85. The molecule has 0 atom stereocenters. The summed E-state index contributed by atoms with van der Waals surface area (Å²) < 4.78 is 0. The third-order valence-electron chi connectivity index (χ3n) is 2.77. The lowest BCUT2D eigenvalue weighted by Crippen LogP contribution is -1.92. The Kier molecular flexibility index (Phi) is 2.96. The lowest BCUT2D eigenvalue weighted by molar-refractivity contribution is 0.474. The third-order valence-corrected chi connectivity index (χ3v) is 2.77. The van der Waals surface area contributed by atoms with Crippen LogP contribution in [0.25, 0.3) is 22.6 Å². The Morgan fingerprint density at radius 2 is 1.40 bits per heavy atom. The Morgan fingerprint density at radius 3 is 2.05 bits per heavy atom. The zero-order valence-electron chi connectivity index (χ0n) is 10.3. The second-order valence-electron chi connectivity index (χ2n) is 4.05. The van der Waals surface area contributed by atoms with Gasteiger partial charge in [0.2, 0.25) is 0 Å². The van der Waals surface area contributed by atoms with E-state index >= 15 is 0 Å². The van der Waals surface area contributed by atoms with Crippen LogP contribution < -0.4 is 0 Å². The van der Waals surface area contributed by atoms with Crippen LogP contribution in [0.1, 0.15) is 0 Å². The number of nitrogens with zero attached hydrogens (tertiary/aromatic N) is 4. The van der Waals surface area contributed by atoms with Crippen molar-refractivity contribution in [3.63, 3.8) is 0 Å². The van der Waals surface area contributed by atoms with Crippen LogP contribution in [0, 0.1) is 0 Å². The van der Waals surface area contributed by atoms with E-state index in [9.17, 15) is 10.2 Å². The second-order valence-corrected chi connectivity index (χ2v) is 4.05. The molecule has 6 nitrogen and oxygen atoms in total. The van der Waals surface area contributed by atoms with Gasteiger partial charge >= 0.3 is 0 Å². The van der Waals surface area contributed by atoms with Crippen LogP contribution in [0.4, 0.5) is 0 Å². The molecule has 2 N–H and O–H groups in total. The van der Waals surface area contributed by atoms with Gasteiger partial charge in [-0.1, -0.05) is 0 Å². The highest BCUT2D eigenvalue weighted by Crippen LogP contribution is 2.29. The maximum atomic E-state index is 9.80. The Bertz CT molecular complexity index is 701. The van der Waals surface area contributed by atoms with Gasteiger partial charge in [0.1, 0.15) is 11.5 Å². The number of aromatic hydroxyl groups is 2. The van der Waals surface area contributed by atoms with Crippen molar-refractivity contribution in [1.29, 1.82) is 0 Å². The summed E-state index contributed by atoms with van der Waals surface area (Å²) in [6.07, 6.45) is 7.36. The molecule has 3 aromatic rings. The van der Waals surface area contributed by atoms with Gasteiger partial charge in [0.05, 0.1) is 23.7 Å². The summed E-state index contributed by atoms with van der Waals surface area (Å²) in [7, 11) is 0. The van der Waals surface area contributed by atoms with Crippen molar-refractivity contribution >= 4 is 0 Å². The second kappa shape index (κ2) is 4.93. The molecule has 6 heteroatoms. The summed E-state index contributed by atoms with van der Waals surface area (Å²) in [5, 5.41) is 19.6. The number of aromatic nitrogens is 4. The first-order valence-electron chi connectivity index (χ1n) is 5.85. The Labute approximate surface area is 114 Å². The van der Waals surface area contributed by atoms with Crippen LogP contribution in [0.3, 0.4) is 0 Å². The number of hydrogen-bond acceptors (Lipinski definition) is 6. The third kappa shape index (κ3) is 2.14. The minimum absolute atomic E-state index is 0.00333. The lowest BCUT2D eigenvalue weighted by atomic mass is 10.1. The summed E-state index contributed by atoms with van der Waals surface area (Å²) in [6.45, 7) is 0. The van der Waals surface area contributed by atoms with Crippen molar-refractivity contribution in [1.82, 2.24) is 19.9 Å². The van der Waals surface area contributed by atoms with Crippen LogP contribution in [0.15, 0.2) is 49.2 Å².